The molecule has 4 nitrogen and oxygen atoms in total. The fourth-order valence-corrected chi connectivity index (χ4v) is 4.99. The molecule has 0 spiro atoms. The van der Waals surface area contributed by atoms with Crippen molar-refractivity contribution in [2.24, 2.45) is 0 Å². The third-order valence-electron chi connectivity index (χ3n) is 5.77. The summed E-state index contributed by atoms with van der Waals surface area (Å²) in [7, 11) is 0. The maximum atomic E-state index is 13.0. The third kappa shape index (κ3) is 2.90. The highest BCUT2D eigenvalue weighted by atomic mass is 32.1. The number of aromatic nitrogens is 2. The monoisotopic (exact) mass is 389 g/mol. The van der Waals surface area contributed by atoms with Crippen LogP contribution in [0, 0.1) is 13.8 Å². The van der Waals surface area contributed by atoms with E-state index in [1.165, 1.54) is 47.4 Å². The topological polar surface area (TPSA) is 37.6 Å². The Morgan fingerprint density at radius 2 is 1.71 bits per heavy atom. The molecule has 0 saturated carbocycles. The zero-order valence-electron chi connectivity index (χ0n) is 16.2. The molecule has 1 aliphatic heterocycles. The summed E-state index contributed by atoms with van der Waals surface area (Å²) >= 11 is 1.46. The number of imidazole rings is 1. The number of anilines is 1. The van der Waals surface area contributed by atoms with Crippen LogP contribution in [-0.2, 0) is 0 Å². The van der Waals surface area contributed by atoms with Gasteiger partial charge in [-0.2, -0.15) is 0 Å². The van der Waals surface area contributed by atoms with Gasteiger partial charge in [-0.1, -0.05) is 23.5 Å². The van der Waals surface area contributed by atoms with E-state index < -0.39 is 0 Å². The predicted molar refractivity (Wildman–Crippen MR) is 118 cm³/mol. The fraction of sp³-hybridized carbons (Fsp3) is 0.304. The Kier molecular flexibility index (Phi) is 4.20. The van der Waals surface area contributed by atoms with E-state index >= 15 is 0 Å². The Balaban J connectivity index is 1.55. The molecular formula is C23H23N3OS. The van der Waals surface area contributed by atoms with Crippen molar-refractivity contribution in [3.8, 4) is 0 Å². The second kappa shape index (κ2) is 6.74. The molecule has 5 rings (SSSR count). The summed E-state index contributed by atoms with van der Waals surface area (Å²) in [5, 5.41) is 0. The Labute approximate surface area is 167 Å². The van der Waals surface area contributed by atoms with Crippen molar-refractivity contribution >= 4 is 39.1 Å². The number of benzene rings is 2. The molecule has 1 aliphatic rings. The first kappa shape index (κ1) is 17.4. The molecule has 0 aliphatic carbocycles. The molecule has 5 heteroatoms. The van der Waals surface area contributed by atoms with Crippen molar-refractivity contribution in [1.82, 2.24) is 9.38 Å². The molecule has 0 unspecified atom stereocenters. The molecule has 1 fully saturated rings. The highest BCUT2D eigenvalue weighted by Crippen LogP contribution is 2.22. The highest BCUT2D eigenvalue weighted by Gasteiger charge is 2.13. The molecule has 0 atom stereocenters. The summed E-state index contributed by atoms with van der Waals surface area (Å²) in [6.45, 7) is 6.43. The van der Waals surface area contributed by atoms with Gasteiger partial charge in [0.15, 0.2) is 4.96 Å². The number of piperidine rings is 1. The van der Waals surface area contributed by atoms with Crippen LogP contribution in [0.25, 0.3) is 22.1 Å². The van der Waals surface area contributed by atoms with E-state index in [2.05, 4.69) is 60.1 Å². The van der Waals surface area contributed by atoms with Crippen LogP contribution in [0.1, 0.15) is 36.0 Å². The predicted octanol–water partition coefficient (Wildman–Crippen LogP) is 4.06. The number of fused-ring (bicyclic) bond motifs is 3. The SMILES string of the molecule is Cc1cc2nc3s/c(=C\c4ccc(N5CCCCC5)cc4)c(=O)n3c2cc1C. The third-order valence-corrected chi connectivity index (χ3v) is 6.74. The van der Waals surface area contributed by atoms with E-state index in [1.807, 2.05) is 6.08 Å². The van der Waals surface area contributed by atoms with Crippen LogP contribution in [-0.4, -0.2) is 22.5 Å². The van der Waals surface area contributed by atoms with Crippen LogP contribution >= 0.6 is 11.3 Å². The van der Waals surface area contributed by atoms with Crippen molar-refractivity contribution in [3.63, 3.8) is 0 Å². The number of nitrogens with zero attached hydrogens (tertiary/aromatic N) is 3. The first-order valence-corrected chi connectivity index (χ1v) is 10.7. The minimum atomic E-state index is 0.0193. The van der Waals surface area contributed by atoms with Crippen molar-refractivity contribution in [1.29, 1.82) is 0 Å². The van der Waals surface area contributed by atoms with Gasteiger partial charge in [-0.05, 0) is 80.1 Å². The average molecular weight is 390 g/mol. The molecule has 0 N–H and O–H groups in total. The first-order valence-electron chi connectivity index (χ1n) is 9.89. The molecule has 4 aromatic rings. The summed E-state index contributed by atoms with van der Waals surface area (Å²) in [5.74, 6) is 0. The second-order valence-electron chi connectivity index (χ2n) is 7.71. The fourth-order valence-electron chi connectivity index (χ4n) is 4.00. The van der Waals surface area contributed by atoms with Crippen LogP contribution in [0.15, 0.2) is 41.2 Å². The van der Waals surface area contributed by atoms with E-state index in [9.17, 15) is 4.79 Å². The maximum Gasteiger partial charge on any atom is 0.274 e. The van der Waals surface area contributed by atoms with Crippen molar-refractivity contribution in [2.45, 2.75) is 33.1 Å². The lowest BCUT2D eigenvalue weighted by Gasteiger charge is -2.28. The van der Waals surface area contributed by atoms with Crippen LogP contribution in [0.4, 0.5) is 5.69 Å². The second-order valence-corrected chi connectivity index (χ2v) is 8.72. The summed E-state index contributed by atoms with van der Waals surface area (Å²) in [6, 6.07) is 12.7. The quantitative estimate of drug-likeness (QED) is 0.519. The summed E-state index contributed by atoms with van der Waals surface area (Å²) < 4.78 is 2.48. The number of thiazole rings is 1. The van der Waals surface area contributed by atoms with E-state index in [0.29, 0.717) is 0 Å². The zero-order chi connectivity index (χ0) is 19.3. The standard InChI is InChI=1S/C23H23N3OS/c1-15-12-19-20(13-16(15)2)26-22(27)21(28-23(26)24-19)14-17-6-8-18(9-7-17)25-10-4-3-5-11-25/h6-9,12-14H,3-5,10-11H2,1-2H3/b21-14-. The van der Waals surface area contributed by atoms with Gasteiger partial charge in [-0.3, -0.25) is 4.79 Å². The molecule has 3 heterocycles. The van der Waals surface area contributed by atoms with Crippen LogP contribution in [0.5, 0.6) is 0 Å². The lowest BCUT2D eigenvalue weighted by atomic mass is 10.1. The number of aryl methyl sites for hydroxylation is 2. The molecule has 142 valence electrons. The number of rotatable bonds is 2. The Hall–Kier alpha value is -2.66. The molecule has 0 radical (unpaired) electrons. The van der Waals surface area contributed by atoms with Gasteiger partial charge >= 0.3 is 0 Å². The van der Waals surface area contributed by atoms with E-state index in [1.54, 1.807) is 4.40 Å². The number of hydrogen-bond donors (Lipinski definition) is 0. The average Bonchev–Trinajstić information content (AvgIpc) is 3.20. The van der Waals surface area contributed by atoms with E-state index in [4.69, 9.17) is 0 Å². The van der Waals surface area contributed by atoms with Gasteiger partial charge < -0.3 is 4.90 Å². The molecule has 0 amide bonds. The smallest absolute Gasteiger partial charge is 0.274 e. The van der Waals surface area contributed by atoms with Crippen LogP contribution in [0.3, 0.4) is 0 Å². The maximum absolute atomic E-state index is 13.0. The summed E-state index contributed by atoms with van der Waals surface area (Å²) in [6.07, 6.45) is 5.86. The highest BCUT2D eigenvalue weighted by molar-refractivity contribution is 7.15. The van der Waals surface area contributed by atoms with Crippen molar-refractivity contribution < 1.29 is 0 Å². The summed E-state index contributed by atoms with van der Waals surface area (Å²) in [5.41, 5.74) is 6.52. The minimum Gasteiger partial charge on any atom is -0.372 e. The van der Waals surface area contributed by atoms with Gasteiger partial charge in [0.1, 0.15) is 0 Å². The van der Waals surface area contributed by atoms with Gasteiger partial charge in [0.25, 0.3) is 5.56 Å². The van der Waals surface area contributed by atoms with E-state index in [0.717, 1.165) is 39.2 Å². The molecule has 2 aromatic heterocycles. The van der Waals surface area contributed by atoms with Crippen LogP contribution < -0.4 is 15.0 Å². The van der Waals surface area contributed by atoms with Crippen molar-refractivity contribution in [3.05, 3.63) is 68.0 Å². The van der Waals surface area contributed by atoms with Gasteiger partial charge in [-0.15, -0.1) is 0 Å². The zero-order valence-corrected chi connectivity index (χ0v) is 17.1. The number of hydrogen-bond acceptors (Lipinski definition) is 4. The van der Waals surface area contributed by atoms with Gasteiger partial charge in [0.2, 0.25) is 0 Å². The Morgan fingerprint density at radius 1 is 1.00 bits per heavy atom. The van der Waals surface area contributed by atoms with Gasteiger partial charge in [0, 0.05) is 18.8 Å². The van der Waals surface area contributed by atoms with Crippen LogP contribution in [0.2, 0.25) is 0 Å². The lowest BCUT2D eigenvalue weighted by Crippen LogP contribution is -2.29. The van der Waals surface area contributed by atoms with E-state index in [-0.39, 0.29) is 5.56 Å². The normalized spacial score (nSPS) is 15.8. The Bertz CT molecular complexity index is 1280. The largest absolute Gasteiger partial charge is 0.372 e. The van der Waals surface area contributed by atoms with Crippen molar-refractivity contribution in [2.75, 3.05) is 18.0 Å². The first-order chi connectivity index (χ1) is 13.6. The lowest BCUT2D eigenvalue weighted by molar-refractivity contribution is 0.578. The molecule has 2 aromatic carbocycles. The molecule has 28 heavy (non-hydrogen) atoms. The molecule has 0 bridgehead atoms. The minimum absolute atomic E-state index is 0.0193. The van der Waals surface area contributed by atoms with Gasteiger partial charge in [0.05, 0.1) is 15.6 Å². The Morgan fingerprint density at radius 3 is 2.46 bits per heavy atom. The summed E-state index contributed by atoms with van der Waals surface area (Å²) in [4.78, 5) is 20.9. The van der Waals surface area contributed by atoms with Gasteiger partial charge in [-0.25, -0.2) is 9.38 Å². The molecular weight excluding hydrogens is 366 g/mol. The molecule has 1 saturated heterocycles.